The molecule has 28 heavy (non-hydrogen) atoms. The van der Waals surface area contributed by atoms with E-state index in [0.29, 0.717) is 10.6 Å². The second kappa shape index (κ2) is 6.31. The first-order valence-corrected chi connectivity index (χ1v) is 8.39. The molecule has 0 unspecified atom stereocenters. The van der Waals surface area contributed by atoms with E-state index in [1.165, 1.54) is 34.9 Å². The summed E-state index contributed by atoms with van der Waals surface area (Å²) in [5.74, 6) is -2.42. The molecule has 0 aliphatic carbocycles. The maximum absolute atomic E-state index is 12.5. The average Bonchev–Trinajstić information content (AvgIpc) is 2.94. The second-order valence-corrected chi connectivity index (χ2v) is 6.06. The third-order valence-electron chi connectivity index (χ3n) is 4.46. The quantitative estimate of drug-likeness (QED) is 0.537. The largest absolute Gasteiger partial charge is 0.364 e. The Labute approximate surface area is 156 Å². The zero-order valence-corrected chi connectivity index (χ0v) is 14.6. The number of carbonyl (C=O) groups excluding carboxylic acids is 3. The van der Waals surface area contributed by atoms with Crippen molar-refractivity contribution in [1.82, 2.24) is 14.6 Å². The van der Waals surface area contributed by atoms with Gasteiger partial charge in [0, 0.05) is 6.54 Å². The highest BCUT2D eigenvalue weighted by molar-refractivity contribution is 6.21. The highest BCUT2D eigenvalue weighted by atomic mass is 16.7. The number of nitrogens with zero attached hydrogens (tertiary/aromatic N) is 2. The molecule has 0 radical (unpaired) electrons. The van der Waals surface area contributed by atoms with Gasteiger partial charge in [-0.2, -0.15) is 0 Å². The van der Waals surface area contributed by atoms with Gasteiger partial charge in [-0.05, 0) is 37.3 Å². The Morgan fingerprint density at radius 2 is 1.64 bits per heavy atom. The number of nitrogens with one attached hydrogen (secondary N) is 1. The molecule has 140 valence electrons. The summed E-state index contributed by atoms with van der Waals surface area (Å²) in [6.07, 6.45) is 0. The van der Waals surface area contributed by atoms with E-state index in [-0.39, 0.29) is 28.8 Å². The van der Waals surface area contributed by atoms with Crippen LogP contribution in [0.1, 0.15) is 38.0 Å². The van der Waals surface area contributed by atoms with E-state index in [1.54, 1.807) is 19.1 Å². The Morgan fingerprint density at radius 3 is 2.25 bits per heavy atom. The molecule has 9 heteroatoms. The maximum atomic E-state index is 12.5. The molecule has 2 amide bonds. The van der Waals surface area contributed by atoms with Gasteiger partial charge in [-0.25, -0.2) is 4.79 Å². The van der Waals surface area contributed by atoms with Gasteiger partial charge in [0.15, 0.2) is 0 Å². The van der Waals surface area contributed by atoms with Gasteiger partial charge in [-0.1, -0.05) is 17.2 Å². The van der Waals surface area contributed by atoms with Crippen molar-refractivity contribution in [1.29, 1.82) is 0 Å². The number of imide groups is 1. The monoisotopic (exact) mass is 379 g/mol. The average molecular weight is 379 g/mol. The molecule has 1 N–H and O–H groups in total. The van der Waals surface area contributed by atoms with Gasteiger partial charge in [-0.3, -0.25) is 19.2 Å². The van der Waals surface area contributed by atoms with Gasteiger partial charge < -0.3 is 14.4 Å². The van der Waals surface area contributed by atoms with Crippen molar-refractivity contribution in [3.05, 3.63) is 79.9 Å². The first-order chi connectivity index (χ1) is 13.4. The molecular weight excluding hydrogens is 366 g/mol. The molecule has 0 saturated heterocycles. The molecule has 0 saturated carbocycles. The third kappa shape index (κ3) is 2.52. The molecule has 4 rings (SSSR count). The van der Waals surface area contributed by atoms with Crippen LogP contribution in [0.3, 0.4) is 0 Å². The van der Waals surface area contributed by atoms with Gasteiger partial charge in [0.1, 0.15) is 0 Å². The molecule has 2 aromatic carbocycles. The van der Waals surface area contributed by atoms with Crippen LogP contribution in [-0.2, 0) is 11.4 Å². The first kappa shape index (κ1) is 17.4. The molecule has 9 nitrogen and oxygen atoms in total. The lowest BCUT2D eigenvalue weighted by molar-refractivity contribution is -0.0584. The Bertz CT molecular complexity index is 1250. The minimum absolute atomic E-state index is 0.000933. The van der Waals surface area contributed by atoms with Crippen molar-refractivity contribution in [3.8, 4) is 0 Å². The lowest BCUT2D eigenvalue weighted by atomic mass is 10.1. The second-order valence-electron chi connectivity index (χ2n) is 6.06. The van der Waals surface area contributed by atoms with E-state index in [9.17, 15) is 24.0 Å². The summed E-state index contributed by atoms with van der Waals surface area (Å²) in [7, 11) is 0. The number of hydrogen-bond donors (Lipinski definition) is 1. The number of aryl methyl sites for hydroxylation is 1. The molecule has 0 spiro atoms. The zero-order chi connectivity index (χ0) is 20.0. The van der Waals surface area contributed by atoms with E-state index >= 15 is 0 Å². The number of hydroxylamine groups is 2. The van der Waals surface area contributed by atoms with Crippen LogP contribution in [0.25, 0.3) is 11.0 Å². The molecule has 1 aromatic heterocycles. The summed E-state index contributed by atoms with van der Waals surface area (Å²) >= 11 is 0. The number of carbonyl (C=O) groups is 3. The fourth-order valence-corrected chi connectivity index (χ4v) is 3.11. The van der Waals surface area contributed by atoms with E-state index in [0.717, 1.165) is 0 Å². The number of H-pyrrole nitrogens is 1. The van der Waals surface area contributed by atoms with E-state index in [2.05, 4.69) is 4.98 Å². The molecule has 1 aliphatic rings. The van der Waals surface area contributed by atoms with Gasteiger partial charge >= 0.3 is 17.1 Å². The molecule has 3 aromatic rings. The van der Waals surface area contributed by atoms with Crippen molar-refractivity contribution in [3.63, 3.8) is 0 Å². The number of rotatable bonds is 3. The van der Waals surface area contributed by atoms with Crippen molar-refractivity contribution in [2.45, 2.75) is 13.5 Å². The number of benzene rings is 2. The minimum atomic E-state index is -0.952. The van der Waals surface area contributed by atoms with Crippen LogP contribution in [0.5, 0.6) is 0 Å². The number of aromatic amines is 1. The molecule has 0 atom stereocenters. The summed E-state index contributed by atoms with van der Waals surface area (Å²) in [6.45, 7) is 1.99. The van der Waals surface area contributed by atoms with Crippen LogP contribution in [0, 0.1) is 0 Å². The van der Waals surface area contributed by atoms with Gasteiger partial charge in [0.2, 0.25) is 0 Å². The van der Waals surface area contributed by atoms with E-state index in [4.69, 9.17) is 4.84 Å². The summed E-state index contributed by atoms with van der Waals surface area (Å²) in [5, 5.41) is 0.410. The summed E-state index contributed by atoms with van der Waals surface area (Å²) in [6, 6.07) is 10.3. The fourth-order valence-electron chi connectivity index (χ4n) is 3.11. The van der Waals surface area contributed by atoms with Crippen LogP contribution in [0.2, 0.25) is 0 Å². The Balaban J connectivity index is 1.68. The predicted octanol–water partition coefficient (Wildman–Crippen LogP) is 1.08. The van der Waals surface area contributed by atoms with Crippen molar-refractivity contribution in [2.24, 2.45) is 0 Å². The van der Waals surface area contributed by atoms with Crippen LogP contribution in [0.15, 0.2) is 52.1 Å². The standard InChI is InChI=1S/C19H13N3O6/c1-2-21-14-8-7-10(9-13(14)20-15(23)18(21)26)19(27)28-22-16(24)11-5-3-4-6-12(11)17(22)25/h3-9H,2H2,1H3,(H,20,23). The third-order valence-corrected chi connectivity index (χ3v) is 4.46. The number of fused-ring (bicyclic) bond motifs is 2. The number of hydrogen-bond acceptors (Lipinski definition) is 6. The molecule has 0 fully saturated rings. The van der Waals surface area contributed by atoms with Crippen molar-refractivity contribution in [2.75, 3.05) is 0 Å². The molecule has 1 aliphatic heterocycles. The van der Waals surface area contributed by atoms with Gasteiger partial charge in [0.05, 0.1) is 27.7 Å². The number of amides is 2. The fraction of sp³-hybridized carbons (Fsp3) is 0.105. The Hall–Kier alpha value is -4.01. The van der Waals surface area contributed by atoms with Crippen molar-refractivity contribution < 1.29 is 19.2 Å². The molecule has 0 bridgehead atoms. The SMILES string of the molecule is CCn1c(=O)c(=O)[nH]c2cc(C(=O)ON3C(=O)c4ccccc4C3=O)ccc21. The normalized spacial score (nSPS) is 13.1. The highest BCUT2D eigenvalue weighted by Gasteiger charge is 2.38. The molecule has 2 heterocycles. The smallest absolute Gasteiger partial charge is 0.324 e. The maximum Gasteiger partial charge on any atom is 0.364 e. The summed E-state index contributed by atoms with van der Waals surface area (Å²) < 4.78 is 1.27. The summed E-state index contributed by atoms with van der Waals surface area (Å²) in [4.78, 5) is 68.1. The van der Waals surface area contributed by atoms with Gasteiger partial charge in [-0.15, -0.1) is 0 Å². The van der Waals surface area contributed by atoms with Crippen LogP contribution >= 0.6 is 0 Å². The lowest BCUT2D eigenvalue weighted by Crippen LogP contribution is -2.36. The lowest BCUT2D eigenvalue weighted by Gasteiger charge is -2.13. The number of aromatic nitrogens is 2. The van der Waals surface area contributed by atoms with E-state index in [1.807, 2.05) is 0 Å². The van der Waals surface area contributed by atoms with Crippen LogP contribution in [0.4, 0.5) is 0 Å². The Morgan fingerprint density at radius 1 is 1.00 bits per heavy atom. The van der Waals surface area contributed by atoms with Crippen molar-refractivity contribution >= 4 is 28.8 Å². The first-order valence-electron chi connectivity index (χ1n) is 8.39. The van der Waals surface area contributed by atoms with Crippen LogP contribution < -0.4 is 11.1 Å². The van der Waals surface area contributed by atoms with Crippen LogP contribution in [-0.4, -0.2) is 32.4 Å². The summed E-state index contributed by atoms with van der Waals surface area (Å²) in [5.41, 5.74) is -0.532. The van der Waals surface area contributed by atoms with Gasteiger partial charge in [0.25, 0.3) is 11.8 Å². The Kier molecular flexibility index (Phi) is 3.92. The minimum Gasteiger partial charge on any atom is -0.324 e. The zero-order valence-electron chi connectivity index (χ0n) is 14.6. The highest BCUT2D eigenvalue weighted by Crippen LogP contribution is 2.23. The predicted molar refractivity (Wildman–Crippen MR) is 96.9 cm³/mol. The van der Waals surface area contributed by atoms with E-state index < -0.39 is 28.9 Å². The topological polar surface area (TPSA) is 119 Å². The molecular formula is C19H13N3O6.